The zero-order chi connectivity index (χ0) is 30.8. The Balaban J connectivity index is 1.89. The summed E-state index contributed by atoms with van der Waals surface area (Å²) in [6.45, 7) is 1.30. The number of pyridine rings is 1. The average Bonchev–Trinajstić information content (AvgIpc) is 3.33. The van der Waals surface area contributed by atoms with Crippen LogP contribution in [0.1, 0.15) is 22.0 Å². The summed E-state index contributed by atoms with van der Waals surface area (Å²) in [4.78, 5) is 28.9. The Hall–Kier alpha value is -5.00. The summed E-state index contributed by atoms with van der Waals surface area (Å²) in [6, 6.07) is 6.09. The van der Waals surface area contributed by atoms with Gasteiger partial charge in [-0.2, -0.15) is 22.8 Å². The van der Waals surface area contributed by atoms with Gasteiger partial charge in [-0.05, 0) is 13.0 Å². The van der Waals surface area contributed by atoms with Gasteiger partial charge in [0.2, 0.25) is 21.9 Å². The maximum absolute atomic E-state index is 13.5. The molecule has 0 aliphatic rings. The number of methoxy groups -OCH3 is 3. The summed E-state index contributed by atoms with van der Waals surface area (Å²) in [5, 5.41) is 6.54. The fraction of sp³-hybridized carbons (Fsp3) is 0.250. The number of alkyl halides is 3. The molecule has 0 aliphatic heterocycles. The zero-order valence-corrected chi connectivity index (χ0v) is 23.5. The van der Waals surface area contributed by atoms with E-state index in [1.54, 1.807) is 18.2 Å². The molecule has 18 heteroatoms. The Morgan fingerprint density at radius 1 is 0.952 bits per heavy atom. The minimum atomic E-state index is -4.85. The fourth-order valence-electron chi connectivity index (χ4n) is 3.67. The summed E-state index contributed by atoms with van der Waals surface area (Å²) in [6.07, 6.45) is -1.55. The van der Waals surface area contributed by atoms with E-state index in [9.17, 15) is 26.4 Å². The first-order valence-electron chi connectivity index (χ1n) is 11.7. The highest BCUT2D eigenvalue weighted by Gasteiger charge is 2.37. The topological polar surface area (TPSA) is 172 Å². The highest BCUT2D eigenvalue weighted by Crippen LogP contribution is 2.33. The summed E-state index contributed by atoms with van der Waals surface area (Å²) < 4.78 is 82.0. The number of nitrogens with zero attached hydrogens (tertiary/aromatic N) is 6. The van der Waals surface area contributed by atoms with Crippen molar-refractivity contribution < 1.29 is 40.6 Å². The van der Waals surface area contributed by atoms with Crippen LogP contribution >= 0.6 is 0 Å². The largest absolute Gasteiger partial charge is 0.497 e. The summed E-state index contributed by atoms with van der Waals surface area (Å²) in [7, 11) is 0.190. The minimum Gasteiger partial charge on any atom is -0.497 e. The lowest BCUT2D eigenvalue weighted by atomic mass is 10.1. The number of nitrogens with one attached hydrogen (secondary N) is 2. The van der Waals surface area contributed by atoms with Gasteiger partial charge in [-0.25, -0.2) is 28.1 Å². The maximum Gasteiger partial charge on any atom is 0.453 e. The third-order valence-corrected chi connectivity index (χ3v) is 6.03. The van der Waals surface area contributed by atoms with Crippen LogP contribution in [0.2, 0.25) is 0 Å². The van der Waals surface area contributed by atoms with Gasteiger partial charge in [0, 0.05) is 47.4 Å². The number of benzene rings is 1. The van der Waals surface area contributed by atoms with E-state index in [2.05, 4.69) is 30.4 Å². The number of amides is 1. The smallest absolute Gasteiger partial charge is 0.453 e. The van der Waals surface area contributed by atoms with Gasteiger partial charge in [-0.3, -0.25) is 4.79 Å². The van der Waals surface area contributed by atoms with Crippen LogP contribution in [0.5, 0.6) is 17.4 Å². The van der Waals surface area contributed by atoms with Crippen LogP contribution in [0.3, 0.4) is 0 Å². The van der Waals surface area contributed by atoms with Crippen molar-refractivity contribution in [3.63, 3.8) is 0 Å². The van der Waals surface area contributed by atoms with E-state index in [0.717, 1.165) is 10.9 Å². The number of hydrogen-bond donors (Lipinski definition) is 2. The second-order valence-corrected chi connectivity index (χ2v) is 10.3. The van der Waals surface area contributed by atoms with Crippen LogP contribution in [0, 0.1) is 6.92 Å². The van der Waals surface area contributed by atoms with Crippen molar-refractivity contribution in [2.75, 3.05) is 32.9 Å². The SMILES string of the molecule is COc1cc(Nc2ncc(-c3cnc(OC)c(C(=O)NS(C)(=O)=O)c3)c(-n3nc(C(F)(F)F)nc3C)n2)cc(OC)c1. The van der Waals surface area contributed by atoms with E-state index in [1.165, 1.54) is 46.7 Å². The van der Waals surface area contributed by atoms with Gasteiger partial charge >= 0.3 is 6.18 Å². The molecule has 4 aromatic rings. The number of hydrogen-bond acceptors (Lipinski definition) is 12. The number of rotatable bonds is 9. The van der Waals surface area contributed by atoms with Crippen LogP contribution in [0.25, 0.3) is 16.9 Å². The van der Waals surface area contributed by atoms with E-state index >= 15 is 0 Å². The van der Waals surface area contributed by atoms with Crippen LogP contribution in [0.4, 0.5) is 24.8 Å². The van der Waals surface area contributed by atoms with E-state index in [1.807, 2.05) is 4.72 Å². The second-order valence-electron chi connectivity index (χ2n) is 8.53. The third-order valence-electron chi connectivity index (χ3n) is 5.48. The predicted molar refractivity (Wildman–Crippen MR) is 142 cm³/mol. The number of carbonyl (C=O) groups is 1. The molecule has 0 aliphatic carbocycles. The Bertz CT molecular complexity index is 1740. The molecule has 0 unspecified atom stereocenters. The average molecular weight is 609 g/mol. The van der Waals surface area contributed by atoms with Crippen LogP contribution < -0.4 is 24.2 Å². The van der Waals surface area contributed by atoms with Gasteiger partial charge in [0.05, 0.1) is 27.6 Å². The molecule has 1 amide bonds. The molecule has 0 radical (unpaired) electrons. The highest BCUT2D eigenvalue weighted by molar-refractivity contribution is 7.89. The molecule has 0 saturated carbocycles. The Labute approximate surface area is 237 Å². The predicted octanol–water partition coefficient (Wildman–Crippen LogP) is 2.91. The van der Waals surface area contributed by atoms with Crippen molar-refractivity contribution in [1.82, 2.24) is 34.4 Å². The molecule has 0 atom stereocenters. The molecular weight excluding hydrogens is 585 g/mol. The van der Waals surface area contributed by atoms with Crippen molar-refractivity contribution in [2.45, 2.75) is 13.1 Å². The van der Waals surface area contributed by atoms with Crippen LogP contribution in [0.15, 0.2) is 36.7 Å². The number of ether oxygens (including phenoxy) is 3. The summed E-state index contributed by atoms with van der Waals surface area (Å²) >= 11 is 0. The maximum atomic E-state index is 13.5. The summed E-state index contributed by atoms with van der Waals surface area (Å²) in [5.41, 5.74) is 0.363. The fourth-order valence-corrected chi connectivity index (χ4v) is 4.11. The van der Waals surface area contributed by atoms with Crippen molar-refractivity contribution in [1.29, 1.82) is 0 Å². The molecule has 4 rings (SSSR count). The molecule has 14 nitrogen and oxygen atoms in total. The molecule has 0 saturated heterocycles. The highest BCUT2D eigenvalue weighted by atomic mass is 32.2. The van der Waals surface area contributed by atoms with E-state index in [-0.39, 0.29) is 40.2 Å². The molecule has 42 heavy (non-hydrogen) atoms. The monoisotopic (exact) mass is 608 g/mol. The standard InChI is InChI=1S/C24H23F3N8O6S/c1-12-30-22(24(25,26)27)33-35(12)19-18(13-6-17(21(41-4)28-10-13)20(36)34-42(5,37)38)11-29-23(32-19)31-14-7-15(39-2)9-16(8-14)40-3/h6-11H,1-5H3,(H,34,36)(H,29,31,32). The first-order valence-corrected chi connectivity index (χ1v) is 13.6. The number of carbonyl (C=O) groups excluding carboxylic acids is 1. The first-order chi connectivity index (χ1) is 19.7. The molecule has 0 fully saturated rings. The van der Waals surface area contributed by atoms with Crippen molar-refractivity contribution in [3.8, 4) is 34.3 Å². The van der Waals surface area contributed by atoms with Crippen molar-refractivity contribution in [3.05, 3.63) is 53.9 Å². The number of sulfonamides is 1. The van der Waals surface area contributed by atoms with Crippen molar-refractivity contribution >= 4 is 27.6 Å². The van der Waals surface area contributed by atoms with Gasteiger partial charge in [0.1, 0.15) is 22.9 Å². The lowest BCUT2D eigenvalue weighted by molar-refractivity contribution is -0.144. The number of aryl methyl sites for hydroxylation is 1. The molecular formula is C24H23F3N8O6S. The first kappa shape index (κ1) is 30.0. The number of anilines is 2. The van der Waals surface area contributed by atoms with Gasteiger partial charge in [-0.1, -0.05) is 0 Å². The van der Waals surface area contributed by atoms with Gasteiger partial charge in [0.15, 0.2) is 5.82 Å². The van der Waals surface area contributed by atoms with E-state index in [4.69, 9.17) is 14.2 Å². The van der Waals surface area contributed by atoms with Crippen LogP contribution in [-0.2, 0) is 16.2 Å². The van der Waals surface area contributed by atoms with Crippen LogP contribution in [-0.4, -0.2) is 71.6 Å². The van der Waals surface area contributed by atoms with Gasteiger partial charge in [0.25, 0.3) is 11.7 Å². The molecule has 1 aromatic carbocycles. The lowest BCUT2D eigenvalue weighted by Crippen LogP contribution is -2.29. The molecule has 2 N–H and O–H groups in total. The molecule has 0 spiro atoms. The quantitative estimate of drug-likeness (QED) is 0.285. The lowest BCUT2D eigenvalue weighted by Gasteiger charge is -2.14. The number of aromatic nitrogens is 6. The third kappa shape index (κ3) is 6.65. The molecule has 222 valence electrons. The summed E-state index contributed by atoms with van der Waals surface area (Å²) in [5.74, 6) is -2.14. The Kier molecular flexibility index (Phi) is 8.19. The minimum absolute atomic E-state index is 0.0518. The van der Waals surface area contributed by atoms with E-state index < -0.39 is 27.9 Å². The molecule has 3 aromatic heterocycles. The molecule has 3 heterocycles. The number of halogens is 3. The zero-order valence-electron chi connectivity index (χ0n) is 22.6. The Morgan fingerprint density at radius 2 is 1.62 bits per heavy atom. The Morgan fingerprint density at radius 3 is 2.17 bits per heavy atom. The second kappa shape index (κ2) is 11.5. The van der Waals surface area contributed by atoms with Crippen molar-refractivity contribution in [2.24, 2.45) is 0 Å². The normalized spacial score (nSPS) is 11.6. The van der Waals surface area contributed by atoms with Gasteiger partial charge in [-0.15, -0.1) is 5.10 Å². The van der Waals surface area contributed by atoms with Gasteiger partial charge < -0.3 is 19.5 Å². The van der Waals surface area contributed by atoms with E-state index in [0.29, 0.717) is 17.2 Å². The molecule has 0 bridgehead atoms.